The Morgan fingerprint density at radius 3 is 2.73 bits per heavy atom. The number of amides is 2. The molecule has 2 aliphatic heterocycles. The number of hydrogen-bond acceptors (Lipinski definition) is 3. The van der Waals surface area contributed by atoms with Crippen LogP contribution in [-0.4, -0.2) is 47.3 Å². The van der Waals surface area contributed by atoms with Gasteiger partial charge in [-0.25, -0.2) is 0 Å². The summed E-state index contributed by atoms with van der Waals surface area (Å²) in [5.74, 6) is 0.791. The second-order valence-electron chi connectivity index (χ2n) is 6.51. The predicted molar refractivity (Wildman–Crippen MR) is 88.1 cm³/mol. The lowest BCUT2D eigenvalue weighted by Gasteiger charge is -2.42. The lowest BCUT2D eigenvalue weighted by atomic mass is 9.88. The molecule has 0 radical (unpaired) electrons. The van der Waals surface area contributed by atoms with Crippen LogP contribution in [0.15, 0.2) is 11.4 Å². The zero-order chi connectivity index (χ0) is 15.7. The number of carbonyl (C=O) groups is 2. The van der Waals surface area contributed by atoms with Gasteiger partial charge < -0.3 is 9.80 Å². The van der Waals surface area contributed by atoms with E-state index in [9.17, 15) is 9.59 Å². The van der Waals surface area contributed by atoms with Gasteiger partial charge in [-0.05, 0) is 49.1 Å². The number of aryl methyl sites for hydroxylation is 1. The molecule has 4 nitrogen and oxygen atoms in total. The van der Waals surface area contributed by atoms with Gasteiger partial charge >= 0.3 is 0 Å². The number of nitrogens with zero attached hydrogens (tertiary/aromatic N) is 2. The largest absolute Gasteiger partial charge is 0.343 e. The Morgan fingerprint density at radius 2 is 2.05 bits per heavy atom. The van der Waals surface area contributed by atoms with Crippen molar-refractivity contribution in [3.05, 3.63) is 21.9 Å². The molecule has 2 saturated heterocycles. The molecule has 0 saturated carbocycles. The monoisotopic (exact) mass is 320 g/mol. The Morgan fingerprint density at radius 1 is 1.23 bits per heavy atom. The van der Waals surface area contributed by atoms with E-state index in [0.29, 0.717) is 12.0 Å². The van der Waals surface area contributed by atoms with Crippen LogP contribution in [0.2, 0.25) is 0 Å². The molecule has 3 heterocycles. The molecule has 0 N–H and O–H groups in total. The smallest absolute Gasteiger partial charge is 0.264 e. The van der Waals surface area contributed by atoms with Crippen molar-refractivity contribution in [2.45, 2.75) is 45.6 Å². The first-order valence-corrected chi connectivity index (χ1v) is 9.06. The van der Waals surface area contributed by atoms with Crippen molar-refractivity contribution in [2.24, 2.45) is 5.92 Å². The lowest BCUT2D eigenvalue weighted by Crippen LogP contribution is -2.53. The average molecular weight is 320 g/mol. The molecule has 0 aromatic carbocycles. The highest BCUT2D eigenvalue weighted by atomic mass is 32.1. The Labute approximate surface area is 136 Å². The first-order chi connectivity index (χ1) is 10.6. The van der Waals surface area contributed by atoms with Gasteiger partial charge in [-0.1, -0.05) is 6.42 Å². The van der Waals surface area contributed by atoms with Crippen molar-refractivity contribution < 1.29 is 9.59 Å². The van der Waals surface area contributed by atoms with Gasteiger partial charge in [-0.15, -0.1) is 11.3 Å². The summed E-state index contributed by atoms with van der Waals surface area (Å²) in [5, 5.41) is 2.00. The molecule has 2 amide bonds. The molecule has 2 fully saturated rings. The normalized spacial score (nSPS) is 25.5. The molecule has 0 bridgehead atoms. The summed E-state index contributed by atoms with van der Waals surface area (Å²) in [4.78, 5) is 29.6. The summed E-state index contributed by atoms with van der Waals surface area (Å²) in [6.07, 6.45) is 4.27. The number of likely N-dealkylation sites (tertiary alicyclic amines) is 2. The van der Waals surface area contributed by atoms with Crippen molar-refractivity contribution in [3.63, 3.8) is 0 Å². The first-order valence-electron chi connectivity index (χ1n) is 8.18. The molecular formula is C17H24N2O2S. The molecule has 5 heteroatoms. The number of hydrogen-bond donors (Lipinski definition) is 0. The maximum Gasteiger partial charge on any atom is 0.264 e. The fourth-order valence-electron chi connectivity index (χ4n) is 3.83. The topological polar surface area (TPSA) is 40.6 Å². The van der Waals surface area contributed by atoms with Crippen molar-refractivity contribution in [2.75, 3.05) is 19.6 Å². The van der Waals surface area contributed by atoms with Gasteiger partial charge in [0.1, 0.15) is 0 Å². The maximum absolute atomic E-state index is 13.0. The molecule has 1 aromatic rings. The van der Waals surface area contributed by atoms with E-state index in [4.69, 9.17) is 0 Å². The van der Waals surface area contributed by atoms with Gasteiger partial charge in [-0.2, -0.15) is 0 Å². The zero-order valence-electron chi connectivity index (χ0n) is 13.4. The van der Waals surface area contributed by atoms with Crippen LogP contribution < -0.4 is 0 Å². The Bertz CT molecular complexity index is 569. The summed E-state index contributed by atoms with van der Waals surface area (Å²) >= 11 is 1.55. The minimum absolute atomic E-state index is 0.162. The molecule has 2 atom stereocenters. The van der Waals surface area contributed by atoms with Crippen LogP contribution in [0.5, 0.6) is 0 Å². The highest BCUT2D eigenvalue weighted by Gasteiger charge is 2.38. The second kappa shape index (κ2) is 6.41. The molecule has 0 spiro atoms. The van der Waals surface area contributed by atoms with Crippen molar-refractivity contribution in [1.29, 1.82) is 0 Å². The third-order valence-corrected chi connectivity index (χ3v) is 6.09. The molecule has 22 heavy (non-hydrogen) atoms. The van der Waals surface area contributed by atoms with Crippen LogP contribution in [-0.2, 0) is 4.79 Å². The predicted octanol–water partition coefficient (Wildman–Crippen LogP) is 2.92. The van der Waals surface area contributed by atoms with Gasteiger partial charge in [-0.3, -0.25) is 9.59 Å². The standard InChI is InChI=1S/C17H24N2O2S/c1-12-7-10-22-16(12)17(21)19-8-4-3-5-14-11-18(13(2)20)9-6-15(14)19/h7,10,14-15H,3-6,8-9,11H2,1-2H3/t14-,15-/m1/s1. The quantitative estimate of drug-likeness (QED) is 0.798. The van der Waals surface area contributed by atoms with Crippen LogP contribution in [0, 0.1) is 12.8 Å². The van der Waals surface area contributed by atoms with Gasteiger partial charge in [0.25, 0.3) is 5.91 Å². The third kappa shape index (κ3) is 2.91. The van der Waals surface area contributed by atoms with E-state index in [1.807, 2.05) is 23.3 Å². The maximum atomic E-state index is 13.0. The Balaban J connectivity index is 1.81. The molecule has 0 unspecified atom stereocenters. The number of fused-ring (bicyclic) bond motifs is 1. The van der Waals surface area contributed by atoms with Crippen LogP contribution in [0.1, 0.15) is 47.8 Å². The van der Waals surface area contributed by atoms with Gasteiger partial charge in [0.05, 0.1) is 4.88 Å². The first kappa shape index (κ1) is 15.5. The summed E-state index contributed by atoms with van der Waals surface area (Å²) in [6.45, 7) is 6.11. The summed E-state index contributed by atoms with van der Waals surface area (Å²) in [6, 6.07) is 2.32. The molecule has 3 rings (SSSR count). The summed E-state index contributed by atoms with van der Waals surface area (Å²) < 4.78 is 0. The minimum Gasteiger partial charge on any atom is -0.343 e. The Kier molecular flexibility index (Phi) is 4.52. The number of rotatable bonds is 1. The van der Waals surface area contributed by atoms with Gasteiger partial charge in [0.15, 0.2) is 0 Å². The summed E-state index contributed by atoms with van der Waals surface area (Å²) in [7, 11) is 0. The number of carbonyl (C=O) groups excluding carboxylic acids is 2. The van der Waals surface area contributed by atoms with Crippen LogP contribution in [0.25, 0.3) is 0 Å². The minimum atomic E-state index is 0.162. The fraction of sp³-hybridized carbons (Fsp3) is 0.647. The molecule has 120 valence electrons. The van der Waals surface area contributed by atoms with Crippen LogP contribution in [0.4, 0.5) is 0 Å². The van der Waals surface area contributed by atoms with Crippen LogP contribution in [0.3, 0.4) is 0 Å². The van der Waals surface area contributed by atoms with E-state index in [1.165, 1.54) is 0 Å². The lowest BCUT2D eigenvalue weighted by molar-refractivity contribution is -0.131. The van der Waals surface area contributed by atoms with Crippen molar-refractivity contribution in [1.82, 2.24) is 9.80 Å². The zero-order valence-corrected chi connectivity index (χ0v) is 14.2. The highest BCUT2D eigenvalue weighted by Crippen LogP contribution is 2.32. The van der Waals surface area contributed by atoms with E-state index in [1.54, 1.807) is 18.3 Å². The van der Waals surface area contributed by atoms with E-state index in [-0.39, 0.29) is 11.8 Å². The molecule has 2 aliphatic rings. The number of piperidine rings is 1. The van der Waals surface area contributed by atoms with E-state index in [0.717, 1.165) is 55.8 Å². The van der Waals surface area contributed by atoms with Gasteiger partial charge in [0.2, 0.25) is 5.91 Å². The van der Waals surface area contributed by atoms with E-state index >= 15 is 0 Å². The fourth-order valence-corrected chi connectivity index (χ4v) is 4.71. The molecular weight excluding hydrogens is 296 g/mol. The summed E-state index contributed by atoms with van der Waals surface area (Å²) in [5.41, 5.74) is 1.08. The number of thiophene rings is 1. The van der Waals surface area contributed by atoms with Gasteiger partial charge in [0, 0.05) is 32.6 Å². The van der Waals surface area contributed by atoms with Crippen molar-refractivity contribution >= 4 is 23.2 Å². The van der Waals surface area contributed by atoms with Crippen molar-refractivity contribution in [3.8, 4) is 0 Å². The van der Waals surface area contributed by atoms with E-state index in [2.05, 4.69) is 4.90 Å². The van der Waals surface area contributed by atoms with Crippen LogP contribution >= 0.6 is 11.3 Å². The van der Waals surface area contributed by atoms with E-state index < -0.39 is 0 Å². The second-order valence-corrected chi connectivity index (χ2v) is 7.42. The Hall–Kier alpha value is -1.36. The SMILES string of the molecule is CC(=O)N1CC[C@@H]2[C@H](CCCCN2C(=O)c2sccc2C)C1. The molecule has 1 aromatic heterocycles. The molecule has 0 aliphatic carbocycles. The third-order valence-electron chi connectivity index (χ3n) is 5.08. The average Bonchev–Trinajstić information content (AvgIpc) is 2.81. The highest BCUT2D eigenvalue weighted by molar-refractivity contribution is 7.12.